The number of rotatable bonds is 2. The lowest BCUT2D eigenvalue weighted by Crippen LogP contribution is -2.10. The molecule has 0 aliphatic heterocycles. The lowest BCUT2D eigenvalue weighted by molar-refractivity contribution is 0.483. The number of nitrogens with two attached hydrogens (primary N) is 1. The van der Waals surface area contributed by atoms with E-state index < -0.39 is 25.1 Å². The van der Waals surface area contributed by atoms with Gasteiger partial charge in [0.25, 0.3) is 20.2 Å². The molecule has 1 aliphatic carbocycles. The SMILES string of the molecule is Nc1cc2c(cc1S(=O)(=O)O)CC(S(=O)(=O)O)=C=C2. The highest BCUT2D eigenvalue weighted by Gasteiger charge is 2.22. The molecule has 19 heavy (non-hydrogen) atoms. The van der Waals surface area contributed by atoms with Gasteiger partial charge in [-0.2, -0.15) is 16.8 Å². The topological polar surface area (TPSA) is 135 Å². The molecule has 102 valence electrons. The average molecular weight is 303 g/mol. The van der Waals surface area contributed by atoms with E-state index in [9.17, 15) is 16.8 Å². The van der Waals surface area contributed by atoms with E-state index in [0.717, 1.165) is 6.07 Å². The van der Waals surface area contributed by atoms with Crippen LogP contribution in [0.2, 0.25) is 0 Å². The molecule has 1 aliphatic rings. The van der Waals surface area contributed by atoms with Gasteiger partial charge in [0.2, 0.25) is 0 Å². The lowest BCUT2D eigenvalue weighted by atomic mass is 10.0. The smallest absolute Gasteiger partial charge is 0.298 e. The highest BCUT2D eigenvalue weighted by Crippen LogP contribution is 2.29. The van der Waals surface area contributed by atoms with Gasteiger partial charge in [-0.15, -0.1) is 5.73 Å². The second-order valence-corrected chi connectivity index (χ2v) is 6.76. The van der Waals surface area contributed by atoms with Crippen LogP contribution in [-0.2, 0) is 26.7 Å². The molecule has 0 heterocycles. The van der Waals surface area contributed by atoms with Crippen LogP contribution in [0.25, 0.3) is 6.08 Å². The summed E-state index contributed by atoms with van der Waals surface area (Å²) in [5, 5.41) is 0. The Labute approximate surface area is 109 Å². The molecular weight excluding hydrogens is 294 g/mol. The summed E-state index contributed by atoms with van der Waals surface area (Å²) in [6.07, 6.45) is 1.04. The minimum atomic E-state index is -4.50. The third-order valence-electron chi connectivity index (χ3n) is 2.60. The van der Waals surface area contributed by atoms with E-state index in [4.69, 9.17) is 14.8 Å². The number of allylic oxidation sites excluding steroid dienone is 1. The molecule has 1 aromatic rings. The standard InChI is InChI=1S/C10H9NO6S2/c11-9-4-6-1-2-8(18(12,13)14)3-7(6)5-10(9)19(15,16)17/h1,4-5H,3,11H2,(H,12,13,14)(H,15,16,17). The van der Waals surface area contributed by atoms with Crippen LogP contribution in [0.15, 0.2) is 27.7 Å². The van der Waals surface area contributed by atoms with Crippen LogP contribution in [0.1, 0.15) is 11.1 Å². The van der Waals surface area contributed by atoms with E-state index in [1.807, 2.05) is 0 Å². The van der Waals surface area contributed by atoms with Gasteiger partial charge in [-0.05, 0) is 29.3 Å². The summed E-state index contributed by atoms with van der Waals surface area (Å²) in [6, 6.07) is 2.36. The van der Waals surface area contributed by atoms with Gasteiger partial charge in [-0.1, -0.05) is 0 Å². The van der Waals surface area contributed by atoms with Crippen LogP contribution in [-0.4, -0.2) is 25.9 Å². The summed E-state index contributed by atoms with van der Waals surface area (Å²) in [5.41, 5.74) is 8.49. The maximum atomic E-state index is 11.1. The van der Waals surface area contributed by atoms with Gasteiger partial charge < -0.3 is 5.73 Å². The van der Waals surface area contributed by atoms with Gasteiger partial charge in [-0.25, -0.2) is 0 Å². The quantitative estimate of drug-likeness (QED) is 0.410. The minimum absolute atomic E-state index is 0.158. The molecule has 1 aromatic carbocycles. The van der Waals surface area contributed by atoms with Gasteiger partial charge in [0, 0.05) is 6.42 Å². The summed E-state index contributed by atoms with van der Waals surface area (Å²) in [5.74, 6) is 0. The molecule has 2 rings (SSSR count). The summed E-state index contributed by atoms with van der Waals surface area (Å²) in [6.45, 7) is 0. The molecule has 9 heteroatoms. The maximum absolute atomic E-state index is 11.1. The first-order chi connectivity index (χ1) is 8.59. The third-order valence-corrected chi connectivity index (χ3v) is 4.39. The Morgan fingerprint density at radius 1 is 1.11 bits per heavy atom. The Balaban J connectivity index is 2.65. The monoisotopic (exact) mass is 303 g/mol. The first kappa shape index (κ1) is 13.8. The Morgan fingerprint density at radius 3 is 2.26 bits per heavy atom. The van der Waals surface area contributed by atoms with Crippen molar-refractivity contribution in [3.05, 3.63) is 33.9 Å². The molecule has 0 unspecified atom stereocenters. The van der Waals surface area contributed by atoms with Gasteiger partial charge in [0.15, 0.2) is 0 Å². The largest absolute Gasteiger partial charge is 0.398 e. The molecule has 0 saturated carbocycles. The Kier molecular flexibility index (Phi) is 3.04. The van der Waals surface area contributed by atoms with Crippen LogP contribution >= 0.6 is 0 Å². The number of hydrogen-bond donors (Lipinski definition) is 3. The van der Waals surface area contributed by atoms with Gasteiger partial charge in [-0.3, -0.25) is 9.11 Å². The number of nitrogen functional groups attached to an aromatic ring is 1. The van der Waals surface area contributed by atoms with Crippen LogP contribution in [0.4, 0.5) is 5.69 Å². The fourth-order valence-corrected chi connectivity index (χ4v) is 2.91. The average Bonchev–Trinajstić information content (AvgIpc) is 2.24. The summed E-state index contributed by atoms with van der Waals surface area (Å²) >= 11 is 0. The highest BCUT2D eigenvalue weighted by molar-refractivity contribution is 7.89. The van der Waals surface area contributed by atoms with Gasteiger partial charge >= 0.3 is 0 Å². The first-order valence-electron chi connectivity index (χ1n) is 4.92. The van der Waals surface area contributed by atoms with Crippen molar-refractivity contribution < 1.29 is 25.9 Å². The molecule has 0 amide bonds. The number of benzene rings is 1. The van der Waals surface area contributed by atoms with Crippen molar-refractivity contribution in [1.29, 1.82) is 0 Å². The lowest BCUT2D eigenvalue weighted by Gasteiger charge is -2.13. The fraction of sp³-hybridized carbons (Fsp3) is 0.100. The third kappa shape index (κ3) is 2.70. The van der Waals surface area contributed by atoms with Crippen LogP contribution in [0, 0.1) is 0 Å². The van der Waals surface area contributed by atoms with E-state index >= 15 is 0 Å². The second-order valence-electron chi connectivity index (χ2n) is 3.93. The number of anilines is 1. The fourth-order valence-electron chi connectivity index (χ4n) is 1.72. The molecule has 0 fully saturated rings. The predicted octanol–water partition coefficient (Wildman–Crippen LogP) is 0.455. The zero-order chi connectivity index (χ0) is 14.4. The Bertz CT molecular complexity index is 829. The second kappa shape index (κ2) is 4.19. The first-order valence-corrected chi connectivity index (χ1v) is 7.80. The van der Waals surface area contributed by atoms with Crippen molar-refractivity contribution in [3.8, 4) is 0 Å². The Morgan fingerprint density at radius 2 is 1.74 bits per heavy atom. The van der Waals surface area contributed by atoms with Crippen molar-refractivity contribution in [2.24, 2.45) is 0 Å². The molecule has 0 bridgehead atoms. The summed E-state index contributed by atoms with van der Waals surface area (Å²) < 4.78 is 62.1. The Hall–Kier alpha value is -1.64. The van der Waals surface area contributed by atoms with Gasteiger partial charge in [0.05, 0.1) is 5.69 Å². The molecule has 7 nitrogen and oxygen atoms in total. The van der Waals surface area contributed by atoms with E-state index in [1.54, 1.807) is 0 Å². The molecule has 0 saturated heterocycles. The van der Waals surface area contributed by atoms with E-state index in [-0.39, 0.29) is 17.0 Å². The normalized spacial score (nSPS) is 14.9. The number of fused-ring (bicyclic) bond motifs is 1. The van der Waals surface area contributed by atoms with Crippen molar-refractivity contribution in [1.82, 2.24) is 0 Å². The van der Waals surface area contributed by atoms with Crippen LogP contribution in [0.5, 0.6) is 0 Å². The molecule has 4 N–H and O–H groups in total. The maximum Gasteiger partial charge on any atom is 0.298 e. The molecule has 0 atom stereocenters. The van der Waals surface area contributed by atoms with Crippen LogP contribution < -0.4 is 5.73 Å². The molecule has 0 aromatic heterocycles. The molecule has 0 radical (unpaired) electrons. The predicted molar refractivity (Wildman–Crippen MR) is 67.4 cm³/mol. The zero-order valence-corrected chi connectivity index (χ0v) is 11.0. The van der Waals surface area contributed by atoms with E-state index in [1.165, 1.54) is 12.1 Å². The van der Waals surface area contributed by atoms with Crippen molar-refractivity contribution in [3.63, 3.8) is 0 Å². The van der Waals surface area contributed by atoms with Crippen LogP contribution in [0.3, 0.4) is 0 Å². The number of hydrogen-bond acceptors (Lipinski definition) is 5. The minimum Gasteiger partial charge on any atom is -0.398 e. The van der Waals surface area contributed by atoms with E-state index in [0.29, 0.717) is 11.1 Å². The van der Waals surface area contributed by atoms with Crippen molar-refractivity contribution in [2.75, 3.05) is 5.73 Å². The molecular formula is C10H9NO6S2. The van der Waals surface area contributed by atoms with Crippen molar-refractivity contribution in [2.45, 2.75) is 11.3 Å². The van der Waals surface area contributed by atoms with E-state index in [2.05, 4.69) is 5.73 Å². The zero-order valence-electron chi connectivity index (χ0n) is 9.36. The van der Waals surface area contributed by atoms with Crippen molar-refractivity contribution >= 4 is 32.0 Å². The summed E-state index contributed by atoms with van der Waals surface area (Å²) in [7, 11) is -8.90. The highest BCUT2D eigenvalue weighted by atomic mass is 32.2. The summed E-state index contributed by atoms with van der Waals surface area (Å²) in [4.78, 5) is -0.887. The molecule has 0 spiro atoms. The van der Waals surface area contributed by atoms with Gasteiger partial charge in [0.1, 0.15) is 9.80 Å².